The van der Waals surface area contributed by atoms with E-state index in [0.29, 0.717) is 25.3 Å². The van der Waals surface area contributed by atoms with Crippen LogP contribution in [-0.2, 0) is 11.2 Å². The molecule has 0 saturated carbocycles. The third-order valence-electron chi connectivity index (χ3n) is 3.69. The summed E-state index contributed by atoms with van der Waals surface area (Å²) in [6.45, 7) is 3.02. The van der Waals surface area contributed by atoms with E-state index in [9.17, 15) is 4.79 Å². The number of nitrogens with zero attached hydrogens (tertiary/aromatic N) is 4. The van der Waals surface area contributed by atoms with Crippen LogP contribution in [0.5, 0.6) is 0 Å². The van der Waals surface area contributed by atoms with Gasteiger partial charge >= 0.3 is 0 Å². The highest BCUT2D eigenvalue weighted by Gasteiger charge is 2.05. The Bertz CT molecular complexity index is 830. The van der Waals surface area contributed by atoms with Crippen molar-refractivity contribution in [3.05, 3.63) is 66.5 Å². The van der Waals surface area contributed by atoms with Gasteiger partial charge in [0.2, 0.25) is 5.91 Å². The second-order valence-corrected chi connectivity index (χ2v) is 5.55. The minimum atomic E-state index is 0.00502. The zero-order valence-corrected chi connectivity index (χ0v) is 14.0. The third kappa shape index (κ3) is 4.63. The van der Waals surface area contributed by atoms with E-state index in [4.69, 9.17) is 0 Å². The zero-order chi connectivity index (χ0) is 17.5. The number of carbonyl (C=O) groups is 1. The fourth-order valence-corrected chi connectivity index (χ4v) is 2.43. The van der Waals surface area contributed by atoms with Gasteiger partial charge in [0, 0.05) is 31.5 Å². The van der Waals surface area contributed by atoms with E-state index in [-0.39, 0.29) is 5.91 Å². The summed E-state index contributed by atoms with van der Waals surface area (Å²) >= 11 is 0. The highest BCUT2D eigenvalue weighted by atomic mass is 16.1. The standard InChI is InChI=1S/C18H20N6O/c1-14-19-9-10-24(14)17-12-16(22-13-23-17)20-7-8-21-18(25)11-15-5-3-2-4-6-15/h2-6,9-10,12-13H,7-8,11H2,1H3,(H,21,25)(H,20,22,23). The van der Waals surface area contributed by atoms with E-state index >= 15 is 0 Å². The van der Waals surface area contributed by atoms with Gasteiger partial charge in [0.1, 0.15) is 23.8 Å². The zero-order valence-electron chi connectivity index (χ0n) is 14.0. The summed E-state index contributed by atoms with van der Waals surface area (Å²) in [5, 5.41) is 6.08. The molecule has 7 nitrogen and oxygen atoms in total. The van der Waals surface area contributed by atoms with E-state index in [0.717, 1.165) is 17.2 Å². The van der Waals surface area contributed by atoms with Crippen molar-refractivity contribution in [2.24, 2.45) is 0 Å². The summed E-state index contributed by atoms with van der Waals surface area (Å²) in [5.41, 5.74) is 1.00. The van der Waals surface area contributed by atoms with E-state index in [1.165, 1.54) is 6.33 Å². The topological polar surface area (TPSA) is 84.7 Å². The van der Waals surface area contributed by atoms with Crippen LogP contribution in [0.1, 0.15) is 11.4 Å². The molecule has 7 heteroatoms. The Labute approximate surface area is 146 Å². The molecule has 128 valence electrons. The molecule has 0 spiro atoms. The molecular weight excluding hydrogens is 316 g/mol. The Kier molecular flexibility index (Phi) is 5.36. The van der Waals surface area contributed by atoms with Crippen molar-refractivity contribution in [2.75, 3.05) is 18.4 Å². The van der Waals surface area contributed by atoms with Crippen molar-refractivity contribution in [3.8, 4) is 5.82 Å². The van der Waals surface area contributed by atoms with Gasteiger partial charge in [0.05, 0.1) is 6.42 Å². The van der Waals surface area contributed by atoms with Crippen LogP contribution in [0.2, 0.25) is 0 Å². The average Bonchev–Trinajstić information content (AvgIpc) is 3.06. The molecule has 0 bridgehead atoms. The summed E-state index contributed by atoms with van der Waals surface area (Å²) in [7, 11) is 0. The Balaban J connectivity index is 1.46. The molecule has 0 radical (unpaired) electrons. The number of carbonyl (C=O) groups excluding carboxylic acids is 1. The lowest BCUT2D eigenvalue weighted by atomic mass is 10.1. The summed E-state index contributed by atoms with van der Waals surface area (Å²) in [5.74, 6) is 2.32. The molecule has 2 aromatic heterocycles. The summed E-state index contributed by atoms with van der Waals surface area (Å²) in [6.07, 6.45) is 5.47. The minimum absolute atomic E-state index is 0.00502. The average molecular weight is 336 g/mol. The van der Waals surface area contributed by atoms with E-state index < -0.39 is 0 Å². The van der Waals surface area contributed by atoms with E-state index in [2.05, 4.69) is 25.6 Å². The van der Waals surface area contributed by atoms with Gasteiger partial charge in [-0.25, -0.2) is 15.0 Å². The second kappa shape index (κ2) is 8.05. The molecule has 3 rings (SSSR count). The molecule has 1 aromatic carbocycles. The van der Waals surface area contributed by atoms with Gasteiger partial charge in [-0.3, -0.25) is 9.36 Å². The highest BCUT2D eigenvalue weighted by Crippen LogP contribution is 2.10. The highest BCUT2D eigenvalue weighted by molar-refractivity contribution is 5.78. The van der Waals surface area contributed by atoms with Gasteiger partial charge in [0.15, 0.2) is 0 Å². The molecule has 3 aromatic rings. The van der Waals surface area contributed by atoms with E-state index in [1.807, 2.05) is 54.1 Å². The van der Waals surface area contributed by atoms with Gasteiger partial charge in [-0.2, -0.15) is 0 Å². The van der Waals surface area contributed by atoms with Crippen LogP contribution in [0.3, 0.4) is 0 Å². The molecular formula is C18H20N6O. The van der Waals surface area contributed by atoms with Crippen molar-refractivity contribution in [1.82, 2.24) is 24.8 Å². The smallest absolute Gasteiger partial charge is 0.224 e. The van der Waals surface area contributed by atoms with Crippen molar-refractivity contribution in [1.29, 1.82) is 0 Å². The molecule has 0 atom stereocenters. The number of aromatic nitrogens is 4. The van der Waals surface area contributed by atoms with E-state index in [1.54, 1.807) is 6.20 Å². The number of nitrogens with one attached hydrogen (secondary N) is 2. The summed E-state index contributed by atoms with van der Waals surface area (Å²) in [4.78, 5) is 24.5. The number of hydrogen-bond donors (Lipinski definition) is 2. The number of hydrogen-bond acceptors (Lipinski definition) is 5. The predicted molar refractivity (Wildman–Crippen MR) is 95.5 cm³/mol. The Morgan fingerprint density at radius 1 is 1.12 bits per heavy atom. The summed E-state index contributed by atoms with van der Waals surface area (Å²) in [6, 6.07) is 11.5. The van der Waals surface area contributed by atoms with Crippen LogP contribution in [-0.4, -0.2) is 38.5 Å². The van der Waals surface area contributed by atoms with Crippen LogP contribution in [0.4, 0.5) is 5.82 Å². The molecule has 0 aliphatic rings. The van der Waals surface area contributed by atoms with Crippen LogP contribution in [0, 0.1) is 6.92 Å². The van der Waals surface area contributed by atoms with Crippen molar-refractivity contribution in [3.63, 3.8) is 0 Å². The molecule has 0 aliphatic heterocycles. The molecule has 2 heterocycles. The number of amides is 1. The van der Waals surface area contributed by atoms with Crippen LogP contribution < -0.4 is 10.6 Å². The molecule has 0 aliphatic carbocycles. The first-order chi connectivity index (χ1) is 12.2. The number of benzene rings is 1. The molecule has 0 unspecified atom stereocenters. The lowest BCUT2D eigenvalue weighted by Gasteiger charge is -2.09. The SMILES string of the molecule is Cc1nccn1-c1cc(NCCNC(=O)Cc2ccccc2)ncn1. The van der Waals surface area contributed by atoms with Crippen molar-refractivity contribution >= 4 is 11.7 Å². The maximum Gasteiger partial charge on any atom is 0.224 e. The van der Waals surface area contributed by atoms with Crippen LogP contribution in [0.25, 0.3) is 5.82 Å². The quantitative estimate of drug-likeness (QED) is 0.642. The van der Waals surface area contributed by atoms with Gasteiger partial charge in [-0.1, -0.05) is 30.3 Å². The number of aryl methyl sites for hydroxylation is 1. The molecule has 1 amide bonds. The first-order valence-electron chi connectivity index (χ1n) is 8.09. The fourth-order valence-electron chi connectivity index (χ4n) is 2.43. The van der Waals surface area contributed by atoms with Gasteiger partial charge in [-0.05, 0) is 12.5 Å². The largest absolute Gasteiger partial charge is 0.368 e. The number of imidazole rings is 1. The lowest BCUT2D eigenvalue weighted by molar-refractivity contribution is -0.120. The van der Waals surface area contributed by atoms with Crippen molar-refractivity contribution < 1.29 is 4.79 Å². The minimum Gasteiger partial charge on any atom is -0.368 e. The summed E-state index contributed by atoms with van der Waals surface area (Å²) < 4.78 is 1.88. The third-order valence-corrected chi connectivity index (χ3v) is 3.69. The van der Waals surface area contributed by atoms with Crippen LogP contribution in [0.15, 0.2) is 55.1 Å². The number of rotatable bonds is 7. The second-order valence-electron chi connectivity index (χ2n) is 5.55. The maximum atomic E-state index is 11.9. The van der Waals surface area contributed by atoms with Gasteiger partial charge in [0.25, 0.3) is 0 Å². The Hall–Kier alpha value is -3.22. The first-order valence-corrected chi connectivity index (χ1v) is 8.09. The first kappa shape index (κ1) is 16.6. The fraction of sp³-hybridized carbons (Fsp3) is 0.222. The van der Waals surface area contributed by atoms with Gasteiger partial charge < -0.3 is 10.6 Å². The van der Waals surface area contributed by atoms with Crippen molar-refractivity contribution in [2.45, 2.75) is 13.3 Å². The molecule has 0 fully saturated rings. The lowest BCUT2D eigenvalue weighted by Crippen LogP contribution is -2.30. The van der Waals surface area contributed by atoms with Crippen LogP contribution >= 0.6 is 0 Å². The molecule has 0 saturated heterocycles. The monoisotopic (exact) mass is 336 g/mol. The maximum absolute atomic E-state index is 11.9. The predicted octanol–water partition coefficient (Wildman–Crippen LogP) is 1.74. The Morgan fingerprint density at radius 3 is 2.72 bits per heavy atom. The molecule has 2 N–H and O–H groups in total. The Morgan fingerprint density at radius 2 is 1.96 bits per heavy atom. The van der Waals surface area contributed by atoms with Gasteiger partial charge in [-0.15, -0.1) is 0 Å². The normalized spacial score (nSPS) is 10.4. The number of anilines is 1. The molecule has 25 heavy (non-hydrogen) atoms.